The van der Waals surface area contributed by atoms with Gasteiger partial charge in [0, 0.05) is 31.0 Å². The maximum absolute atomic E-state index is 12.5. The van der Waals surface area contributed by atoms with Crippen molar-refractivity contribution < 1.29 is 9.21 Å². The molecular weight excluding hydrogens is 334 g/mol. The van der Waals surface area contributed by atoms with Crippen LogP contribution in [-0.2, 0) is 0 Å². The van der Waals surface area contributed by atoms with Gasteiger partial charge in [-0.25, -0.2) is 15.0 Å². The van der Waals surface area contributed by atoms with Crippen molar-refractivity contribution in [1.29, 1.82) is 0 Å². The third-order valence-corrected chi connectivity index (χ3v) is 3.59. The molecule has 0 saturated heterocycles. The van der Waals surface area contributed by atoms with Gasteiger partial charge in [-0.1, -0.05) is 6.07 Å². The number of hydrogen-bond donors (Lipinski definition) is 1. The highest BCUT2D eigenvalue weighted by atomic mass is 16.4. The molecule has 4 rings (SSSR count). The monoisotopic (exact) mass is 347 g/mol. The van der Waals surface area contributed by atoms with Crippen LogP contribution in [0.2, 0.25) is 0 Å². The summed E-state index contributed by atoms with van der Waals surface area (Å²) in [4.78, 5) is 33.3. The highest BCUT2D eigenvalue weighted by Gasteiger charge is 2.18. The number of rotatable bonds is 4. The molecule has 1 amide bonds. The number of carbonyl (C=O) groups is 1. The molecule has 0 aliphatic rings. The normalized spacial score (nSPS) is 10.7. The molecule has 4 heterocycles. The molecule has 0 aromatic carbocycles. The van der Waals surface area contributed by atoms with Crippen LogP contribution >= 0.6 is 0 Å². The van der Waals surface area contributed by atoms with E-state index < -0.39 is 5.91 Å². The second kappa shape index (κ2) is 6.55. The van der Waals surface area contributed by atoms with Crippen molar-refractivity contribution in [3.8, 4) is 17.3 Å². The van der Waals surface area contributed by atoms with Gasteiger partial charge in [-0.2, -0.15) is 4.98 Å². The lowest BCUT2D eigenvalue weighted by atomic mass is 10.2. The van der Waals surface area contributed by atoms with Crippen LogP contribution in [0.5, 0.6) is 0 Å². The number of carbonyl (C=O) groups excluding carboxylic acids is 1. The Morgan fingerprint density at radius 3 is 2.69 bits per heavy atom. The van der Waals surface area contributed by atoms with E-state index in [1.807, 2.05) is 19.1 Å². The van der Waals surface area contributed by atoms with Crippen molar-refractivity contribution in [2.75, 3.05) is 5.32 Å². The zero-order chi connectivity index (χ0) is 17.9. The second-order valence-corrected chi connectivity index (χ2v) is 5.33. The predicted molar refractivity (Wildman–Crippen MR) is 91.6 cm³/mol. The molecule has 9 heteroatoms. The minimum absolute atomic E-state index is 0.0542. The standard InChI is InChI=1S/C17H13N7O2/c1-11-4-2-5-18-13(11)12-10-26-17(22-12)23-15(25)14-19-8-9-24(14)16-20-6-3-7-21-16/h2-10H,1H3,(H,22,23,25). The summed E-state index contributed by atoms with van der Waals surface area (Å²) >= 11 is 0. The fraction of sp³-hybridized carbons (Fsp3) is 0.0588. The lowest BCUT2D eigenvalue weighted by Crippen LogP contribution is -2.18. The van der Waals surface area contributed by atoms with E-state index in [1.165, 1.54) is 17.0 Å². The van der Waals surface area contributed by atoms with E-state index >= 15 is 0 Å². The molecule has 4 aromatic heterocycles. The fourth-order valence-electron chi connectivity index (χ4n) is 2.40. The van der Waals surface area contributed by atoms with E-state index in [0.29, 0.717) is 17.3 Å². The van der Waals surface area contributed by atoms with Gasteiger partial charge in [0.2, 0.25) is 11.8 Å². The molecule has 26 heavy (non-hydrogen) atoms. The largest absolute Gasteiger partial charge is 0.431 e. The summed E-state index contributed by atoms with van der Waals surface area (Å²) in [6.45, 7) is 1.92. The van der Waals surface area contributed by atoms with Gasteiger partial charge in [0.1, 0.15) is 12.0 Å². The lowest BCUT2D eigenvalue weighted by molar-refractivity contribution is 0.101. The SMILES string of the molecule is Cc1cccnc1-c1coc(NC(=O)c2nccn2-c2ncccn2)n1. The van der Waals surface area contributed by atoms with Crippen LogP contribution in [0, 0.1) is 6.92 Å². The van der Waals surface area contributed by atoms with E-state index in [1.54, 1.807) is 30.9 Å². The quantitative estimate of drug-likeness (QED) is 0.602. The van der Waals surface area contributed by atoms with Gasteiger partial charge in [0.05, 0.1) is 5.69 Å². The summed E-state index contributed by atoms with van der Waals surface area (Å²) in [6, 6.07) is 5.51. The first-order chi connectivity index (χ1) is 12.7. The molecule has 0 spiro atoms. The first-order valence-electron chi connectivity index (χ1n) is 7.72. The Bertz CT molecular complexity index is 1060. The van der Waals surface area contributed by atoms with E-state index in [0.717, 1.165) is 5.56 Å². The topological polar surface area (TPSA) is 112 Å². The molecule has 0 saturated carbocycles. The molecule has 0 atom stereocenters. The number of nitrogens with zero attached hydrogens (tertiary/aromatic N) is 6. The van der Waals surface area contributed by atoms with Gasteiger partial charge in [0.15, 0.2) is 0 Å². The van der Waals surface area contributed by atoms with E-state index in [-0.39, 0.29) is 11.8 Å². The number of nitrogens with one attached hydrogen (secondary N) is 1. The Balaban J connectivity index is 1.57. The van der Waals surface area contributed by atoms with Crippen LogP contribution < -0.4 is 5.32 Å². The number of oxazole rings is 1. The van der Waals surface area contributed by atoms with Crippen LogP contribution in [0.1, 0.15) is 16.2 Å². The average molecular weight is 347 g/mol. The summed E-state index contributed by atoms with van der Waals surface area (Å²) in [6.07, 6.45) is 9.37. The summed E-state index contributed by atoms with van der Waals surface area (Å²) in [7, 11) is 0. The van der Waals surface area contributed by atoms with Crippen molar-refractivity contribution in [3.63, 3.8) is 0 Å². The van der Waals surface area contributed by atoms with Gasteiger partial charge >= 0.3 is 6.01 Å². The van der Waals surface area contributed by atoms with Crippen LogP contribution in [0.3, 0.4) is 0 Å². The number of pyridine rings is 1. The third-order valence-electron chi connectivity index (χ3n) is 3.59. The van der Waals surface area contributed by atoms with Crippen molar-refractivity contribution in [2.24, 2.45) is 0 Å². The first kappa shape index (κ1) is 15.6. The molecule has 0 radical (unpaired) electrons. The molecule has 0 bridgehead atoms. The smallest absolute Gasteiger partial charge is 0.302 e. The van der Waals surface area contributed by atoms with Gasteiger partial charge in [0.25, 0.3) is 5.91 Å². The molecule has 0 aliphatic heterocycles. The molecule has 0 aliphatic carbocycles. The Morgan fingerprint density at radius 1 is 1.08 bits per heavy atom. The highest BCUT2D eigenvalue weighted by Crippen LogP contribution is 2.21. The Hall–Kier alpha value is -3.88. The third kappa shape index (κ3) is 2.93. The maximum Gasteiger partial charge on any atom is 0.302 e. The summed E-state index contributed by atoms with van der Waals surface area (Å²) in [5.41, 5.74) is 2.18. The molecule has 0 unspecified atom stereocenters. The average Bonchev–Trinajstić information content (AvgIpc) is 3.32. The Labute approximate surface area is 147 Å². The lowest BCUT2D eigenvalue weighted by Gasteiger charge is -2.04. The molecular formula is C17H13N7O2. The van der Waals surface area contributed by atoms with Crippen molar-refractivity contribution in [3.05, 3.63) is 66.8 Å². The van der Waals surface area contributed by atoms with E-state index in [4.69, 9.17) is 4.42 Å². The zero-order valence-electron chi connectivity index (χ0n) is 13.7. The number of imidazole rings is 1. The van der Waals surface area contributed by atoms with Crippen LogP contribution in [0.4, 0.5) is 6.01 Å². The van der Waals surface area contributed by atoms with Gasteiger partial charge < -0.3 is 4.42 Å². The summed E-state index contributed by atoms with van der Waals surface area (Å²) in [5, 5.41) is 2.58. The molecule has 1 N–H and O–H groups in total. The highest BCUT2D eigenvalue weighted by molar-refractivity contribution is 6.00. The van der Waals surface area contributed by atoms with E-state index in [9.17, 15) is 4.79 Å². The molecule has 128 valence electrons. The maximum atomic E-state index is 12.5. The van der Waals surface area contributed by atoms with Crippen molar-refractivity contribution in [1.82, 2.24) is 29.5 Å². The number of anilines is 1. The van der Waals surface area contributed by atoms with Crippen LogP contribution in [0.25, 0.3) is 17.3 Å². The minimum atomic E-state index is -0.492. The molecule has 9 nitrogen and oxygen atoms in total. The number of aryl methyl sites for hydroxylation is 1. The van der Waals surface area contributed by atoms with Crippen molar-refractivity contribution in [2.45, 2.75) is 6.92 Å². The van der Waals surface area contributed by atoms with Crippen molar-refractivity contribution >= 4 is 11.9 Å². The molecule has 4 aromatic rings. The van der Waals surface area contributed by atoms with Gasteiger partial charge in [-0.3, -0.25) is 19.7 Å². The summed E-state index contributed by atoms with van der Waals surface area (Å²) in [5.74, 6) is -0.0362. The van der Waals surface area contributed by atoms with E-state index in [2.05, 4.69) is 30.2 Å². The number of hydrogen-bond acceptors (Lipinski definition) is 7. The molecule has 0 fully saturated rings. The summed E-state index contributed by atoms with van der Waals surface area (Å²) < 4.78 is 6.81. The second-order valence-electron chi connectivity index (χ2n) is 5.33. The number of amides is 1. The minimum Gasteiger partial charge on any atom is -0.431 e. The predicted octanol–water partition coefficient (Wildman–Crippen LogP) is 2.27. The van der Waals surface area contributed by atoms with Gasteiger partial charge in [-0.15, -0.1) is 0 Å². The first-order valence-corrected chi connectivity index (χ1v) is 7.72. The van der Waals surface area contributed by atoms with Crippen LogP contribution in [0.15, 0.2) is 59.9 Å². The number of aromatic nitrogens is 6. The zero-order valence-corrected chi connectivity index (χ0v) is 13.7. The fourth-order valence-corrected chi connectivity index (χ4v) is 2.40. The Kier molecular flexibility index (Phi) is 3.94. The van der Waals surface area contributed by atoms with Gasteiger partial charge in [-0.05, 0) is 24.6 Å². The van der Waals surface area contributed by atoms with Crippen LogP contribution in [-0.4, -0.2) is 35.4 Å². The Morgan fingerprint density at radius 2 is 1.88 bits per heavy atom.